The minimum absolute atomic E-state index is 0.00161. The van der Waals surface area contributed by atoms with Gasteiger partial charge in [0.2, 0.25) is 5.79 Å². The number of carbonyl (C=O) groups excluding carboxylic acids is 1. The Hall–Kier alpha value is -4.29. The molecule has 0 bridgehead atoms. The highest BCUT2D eigenvalue weighted by Crippen LogP contribution is 2.62. The maximum atomic E-state index is 14.3. The van der Waals surface area contributed by atoms with E-state index in [1.54, 1.807) is 18.2 Å². The van der Waals surface area contributed by atoms with Gasteiger partial charge in [-0.25, -0.2) is 4.79 Å². The molecule has 1 amide bonds. The van der Waals surface area contributed by atoms with Crippen LogP contribution in [0.5, 0.6) is 11.5 Å². The average molecular weight is 885 g/mol. The predicted molar refractivity (Wildman–Crippen MR) is 231 cm³/mol. The summed E-state index contributed by atoms with van der Waals surface area (Å²) in [5, 5.41) is 45.5. The third-order valence-electron chi connectivity index (χ3n) is 12.0. The molecule has 340 valence electrons. The summed E-state index contributed by atoms with van der Waals surface area (Å²) in [6.45, 7) is 7.59. The molecule has 2 aromatic carbocycles. The van der Waals surface area contributed by atoms with Crippen molar-refractivity contribution < 1.29 is 53.6 Å². The fourth-order valence-corrected chi connectivity index (χ4v) is 9.21. The molecule has 6 atom stereocenters. The van der Waals surface area contributed by atoms with E-state index in [0.29, 0.717) is 42.2 Å². The van der Waals surface area contributed by atoms with Crippen LogP contribution in [0.25, 0.3) is 0 Å². The summed E-state index contributed by atoms with van der Waals surface area (Å²) in [6.07, 6.45) is 7.66. The number of amides is 1. The Balaban J connectivity index is 1.53. The second-order valence-corrected chi connectivity index (χ2v) is 16.4. The lowest BCUT2D eigenvalue weighted by Crippen LogP contribution is -2.70. The van der Waals surface area contributed by atoms with Gasteiger partial charge in [0, 0.05) is 69.4 Å². The van der Waals surface area contributed by atoms with Crippen molar-refractivity contribution in [2.45, 2.75) is 69.3 Å². The normalized spacial score (nSPS) is 24.3. The number of allylic oxidation sites excluding steroid dienone is 1. The number of hydrogen-bond donors (Lipinski definition) is 3. The van der Waals surface area contributed by atoms with E-state index in [1.807, 2.05) is 12.1 Å². The summed E-state index contributed by atoms with van der Waals surface area (Å²) in [4.78, 5) is 35.1. The van der Waals surface area contributed by atoms with Gasteiger partial charge in [-0.1, -0.05) is 30.1 Å². The Morgan fingerprint density at radius 1 is 1.03 bits per heavy atom. The van der Waals surface area contributed by atoms with Gasteiger partial charge in [-0.2, -0.15) is 0 Å². The number of aliphatic hydroxyl groups excluding tert-OH is 3. The number of hydrogen-bond acceptors (Lipinski definition) is 14. The second-order valence-electron chi connectivity index (χ2n) is 16.0. The number of oxime groups is 1. The van der Waals surface area contributed by atoms with Crippen LogP contribution >= 0.6 is 11.6 Å². The Labute approximate surface area is 368 Å². The van der Waals surface area contributed by atoms with Crippen LogP contribution in [-0.2, 0) is 25.7 Å². The van der Waals surface area contributed by atoms with Gasteiger partial charge in [0.1, 0.15) is 37.4 Å². The van der Waals surface area contributed by atoms with Crippen LogP contribution in [0, 0.1) is 27.9 Å². The van der Waals surface area contributed by atoms with Crippen LogP contribution in [0.3, 0.4) is 0 Å². The van der Waals surface area contributed by atoms with Crippen LogP contribution < -0.4 is 9.47 Å². The molecule has 0 spiro atoms. The maximum Gasteiger partial charge on any atom is 0.410 e. The minimum atomic E-state index is -1.53. The zero-order valence-electron chi connectivity index (χ0n) is 35.3. The SMILES string of the molecule is C=CCO[C@@]12Oc3ccc(OCCN4CC4)cc3[C@H]3[C@H](CCCCO)[C@@H](CCCCO)C=C(C(=NOCc4ccc([N+](=O)[O-])cc4)C[C@@H]1N(CCOCCO)C(=O)OCCCl)[C@H]32. The first-order chi connectivity index (χ1) is 30.3. The molecule has 0 radical (unpaired) electrons. The topological polar surface area (TPSA) is 195 Å². The monoisotopic (exact) mass is 884 g/mol. The zero-order chi connectivity index (χ0) is 43.9. The number of rotatable bonds is 27. The third-order valence-corrected chi connectivity index (χ3v) is 12.2. The zero-order valence-corrected chi connectivity index (χ0v) is 36.1. The average Bonchev–Trinajstić information content (AvgIpc) is 4.11. The number of nitro groups is 1. The van der Waals surface area contributed by atoms with E-state index in [4.69, 9.17) is 45.3 Å². The van der Waals surface area contributed by atoms with Crippen molar-refractivity contribution in [2.75, 3.05) is 84.9 Å². The lowest BCUT2D eigenvalue weighted by atomic mass is 9.55. The molecule has 2 aliphatic carbocycles. The summed E-state index contributed by atoms with van der Waals surface area (Å²) >= 11 is 6.03. The Kier molecular flexibility index (Phi) is 17.8. The fourth-order valence-electron chi connectivity index (χ4n) is 9.14. The van der Waals surface area contributed by atoms with Crippen LogP contribution in [0.1, 0.15) is 62.0 Å². The van der Waals surface area contributed by atoms with E-state index in [1.165, 1.54) is 17.0 Å². The predicted octanol–water partition coefficient (Wildman–Crippen LogP) is 5.81. The molecule has 0 aromatic heterocycles. The molecule has 2 heterocycles. The van der Waals surface area contributed by atoms with E-state index in [2.05, 4.69) is 23.6 Å². The first kappa shape index (κ1) is 47.2. The molecule has 2 aliphatic heterocycles. The molecular formula is C45H61ClN4O12. The summed E-state index contributed by atoms with van der Waals surface area (Å²) in [6, 6.07) is 11.1. The van der Waals surface area contributed by atoms with Gasteiger partial charge in [-0.3, -0.25) is 19.9 Å². The molecule has 17 heteroatoms. The summed E-state index contributed by atoms with van der Waals surface area (Å²) < 4.78 is 32.0. The number of ether oxygens (including phenoxy) is 5. The summed E-state index contributed by atoms with van der Waals surface area (Å²) in [7, 11) is 0. The number of benzene rings is 2. The number of nitro benzene ring substituents is 1. The molecule has 1 saturated heterocycles. The fraction of sp³-hybridized carbons (Fsp3) is 0.600. The van der Waals surface area contributed by atoms with Crippen LogP contribution in [0.2, 0.25) is 0 Å². The van der Waals surface area contributed by atoms with Crippen LogP contribution in [0.15, 0.2) is 71.9 Å². The number of nitrogens with zero attached hydrogens (tertiary/aromatic N) is 4. The van der Waals surface area contributed by atoms with Gasteiger partial charge in [0.25, 0.3) is 5.69 Å². The van der Waals surface area contributed by atoms with Gasteiger partial charge in [0.05, 0.1) is 48.9 Å². The number of aliphatic hydroxyl groups is 3. The standard InChI is InChI=1S/C45H61ClN4O12/c1-2-23-60-45-41(49(19-25-57-27-22-53)44(54)59-24-15-46)30-39(47-61-31-32-9-11-34(12-10-32)50(55)56)37-28-33(7-3-5-20-51)36(8-4-6-21-52)42(43(37)45)38-29-35(13-14-40(38)62-45)58-26-18-48-16-17-48/h2,9-14,28-29,33,36,41-43,51-53H,1,3-8,15-27,30-31H2/t33-,36+,41-,42+,43+,45+/m0/s1. The third kappa shape index (κ3) is 11.6. The number of alkyl halides is 1. The number of unbranched alkanes of at least 4 members (excludes halogenated alkanes) is 2. The quantitative estimate of drug-likeness (QED) is 0.0243. The van der Waals surface area contributed by atoms with E-state index in [0.717, 1.165) is 56.5 Å². The van der Waals surface area contributed by atoms with E-state index in [-0.39, 0.29) is 95.1 Å². The Bertz CT molecular complexity index is 1840. The molecule has 4 aliphatic rings. The molecule has 62 heavy (non-hydrogen) atoms. The van der Waals surface area contributed by atoms with E-state index >= 15 is 0 Å². The summed E-state index contributed by atoms with van der Waals surface area (Å²) in [5.74, 6) is -0.994. The van der Waals surface area contributed by atoms with Gasteiger partial charge in [0.15, 0.2) is 0 Å². The van der Waals surface area contributed by atoms with Gasteiger partial charge in [-0.05, 0) is 79.0 Å². The summed E-state index contributed by atoms with van der Waals surface area (Å²) in [5.41, 5.74) is 2.97. The van der Waals surface area contributed by atoms with Crippen molar-refractivity contribution in [1.82, 2.24) is 9.80 Å². The first-order valence-corrected chi connectivity index (χ1v) is 22.3. The second kappa shape index (κ2) is 23.4. The molecule has 3 N–H and O–H groups in total. The molecule has 16 nitrogen and oxygen atoms in total. The molecular weight excluding hydrogens is 824 g/mol. The number of non-ortho nitro benzene ring substituents is 1. The van der Waals surface area contributed by atoms with E-state index in [9.17, 15) is 30.2 Å². The van der Waals surface area contributed by atoms with Crippen molar-refractivity contribution in [1.29, 1.82) is 0 Å². The Morgan fingerprint density at radius 3 is 2.50 bits per heavy atom. The van der Waals surface area contributed by atoms with Gasteiger partial charge >= 0.3 is 6.09 Å². The maximum absolute atomic E-state index is 14.3. The van der Waals surface area contributed by atoms with Crippen LogP contribution in [0.4, 0.5) is 10.5 Å². The highest BCUT2D eigenvalue weighted by atomic mass is 35.5. The van der Waals surface area contributed by atoms with Crippen molar-refractivity contribution in [3.8, 4) is 11.5 Å². The van der Waals surface area contributed by atoms with Crippen molar-refractivity contribution >= 4 is 29.1 Å². The van der Waals surface area contributed by atoms with Crippen molar-refractivity contribution in [3.05, 3.63) is 88.0 Å². The lowest BCUT2D eigenvalue weighted by molar-refractivity contribution is -0.384. The minimum Gasteiger partial charge on any atom is -0.492 e. The van der Waals surface area contributed by atoms with Gasteiger partial charge in [-0.15, -0.1) is 18.2 Å². The van der Waals surface area contributed by atoms with E-state index < -0.39 is 28.8 Å². The van der Waals surface area contributed by atoms with Crippen molar-refractivity contribution in [2.24, 2.45) is 22.9 Å². The van der Waals surface area contributed by atoms with Gasteiger partial charge < -0.3 is 43.8 Å². The smallest absolute Gasteiger partial charge is 0.410 e. The largest absolute Gasteiger partial charge is 0.492 e. The Morgan fingerprint density at radius 2 is 1.81 bits per heavy atom. The van der Waals surface area contributed by atoms with Crippen LogP contribution in [-0.4, -0.2) is 139 Å². The number of fused-ring (bicyclic) bond motifs is 2. The first-order valence-electron chi connectivity index (χ1n) is 21.7. The highest BCUT2D eigenvalue weighted by molar-refractivity contribution is 6.18. The molecule has 1 saturated carbocycles. The molecule has 0 unspecified atom stereocenters. The lowest BCUT2D eigenvalue weighted by Gasteiger charge is -2.59. The van der Waals surface area contributed by atoms with Crippen molar-refractivity contribution in [3.63, 3.8) is 0 Å². The highest BCUT2D eigenvalue weighted by Gasteiger charge is 2.65. The molecule has 2 fully saturated rings. The molecule has 6 rings (SSSR count). The number of halogens is 1. The molecule has 2 aromatic rings. The number of carbonyl (C=O) groups is 1.